The summed E-state index contributed by atoms with van der Waals surface area (Å²) in [5.41, 5.74) is 0.892. The fraction of sp³-hybridized carbons (Fsp3) is 0.971. The number of rotatable bonds is 10. The Morgan fingerprint density at radius 2 is 1.71 bits per heavy atom. The number of carbonyl (C=O) groups is 1. The van der Waals surface area contributed by atoms with E-state index in [4.69, 9.17) is 0 Å². The molecule has 0 aromatic carbocycles. The lowest BCUT2D eigenvalue weighted by molar-refractivity contribution is -0.141. The molecule has 1 saturated heterocycles. The maximum absolute atomic E-state index is 12.1. The molecule has 10 atom stereocenters. The van der Waals surface area contributed by atoms with Crippen LogP contribution in [0.4, 0.5) is 0 Å². The van der Waals surface area contributed by atoms with Gasteiger partial charge < -0.3 is 15.3 Å². The van der Waals surface area contributed by atoms with Crippen molar-refractivity contribution in [2.45, 2.75) is 137 Å². The van der Waals surface area contributed by atoms with E-state index in [1.807, 2.05) is 0 Å². The van der Waals surface area contributed by atoms with Crippen LogP contribution < -0.4 is 5.32 Å². The Balaban J connectivity index is 1.27. The highest BCUT2D eigenvalue weighted by Gasteiger charge is 2.62. The molecule has 0 bridgehead atoms. The number of carbonyl (C=O) groups excluding carboxylic acids is 1. The van der Waals surface area contributed by atoms with Gasteiger partial charge in [0.1, 0.15) is 0 Å². The molecule has 2 N–H and O–H groups in total. The zero-order valence-corrected chi connectivity index (χ0v) is 25.5. The normalized spacial score (nSPS) is 43.7. The highest BCUT2D eigenvalue weighted by Crippen LogP contribution is 2.68. The summed E-state index contributed by atoms with van der Waals surface area (Å²) in [6, 6.07) is 0.523. The SMILES string of the molecule is CC(C)CCC[C@@H](C)C1CCC2C3CC(NCCCN4CCCC4=O)C4CC(O)CCC4(C)C3CCC21C. The second kappa shape index (κ2) is 11.7. The van der Waals surface area contributed by atoms with E-state index in [2.05, 4.69) is 44.8 Å². The molecule has 0 radical (unpaired) electrons. The average Bonchev–Trinajstić information content (AvgIpc) is 3.44. The fourth-order valence-electron chi connectivity index (χ4n) is 11.1. The Bertz CT molecular complexity index is 814. The third kappa shape index (κ3) is 5.48. The summed E-state index contributed by atoms with van der Waals surface area (Å²) >= 11 is 0. The highest BCUT2D eigenvalue weighted by molar-refractivity contribution is 5.77. The molecule has 4 saturated carbocycles. The van der Waals surface area contributed by atoms with Crippen molar-refractivity contribution in [3.8, 4) is 0 Å². The molecule has 1 aliphatic heterocycles. The van der Waals surface area contributed by atoms with E-state index >= 15 is 0 Å². The molecule has 5 aliphatic rings. The van der Waals surface area contributed by atoms with Crippen molar-refractivity contribution in [1.82, 2.24) is 10.2 Å². The molecule has 38 heavy (non-hydrogen) atoms. The maximum atomic E-state index is 12.1. The van der Waals surface area contributed by atoms with Crippen LogP contribution in [0.25, 0.3) is 0 Å². The highest BCUT2D eigenvalue weighted by atomic mass is 16.3. The summed E-state index contributed by atoms with van der Waals surface area (Å²) in [4.78, 5) is 14.1. The minimum absolute atomic E-state index is 0.118. The van der Waals surface area contributed by atoms with Gasteiger partial charge in [-0.3, -0.25) is 4.79 Å². The summed E-state index contributed by atoms with van der Waals surface area (Å²) in [5.74, 6) is 6.11. The van der Waals surface area contributed by atoms with Crippen LogP contribution in [0, 0.1) is 52.3 Å². The second-order valence-corrected chi connectivity index (χ2v) is 15.6. The van der Waals surface area contributed by atoms with E-state index in [-0.39, 0.29) is 6.10 Å². The van der Waals surface area contributed by atoms with Crippen LogP contribution in [0.5, 0.6) is 0 Å². The van der Waals surface area contributed by atoms with Gasteiger partial charge in [-0.05, 0) is 123 Å². The predicted octanol–water partition coefficient (Wildman–Crippen LogP) is 7.05. The van der Waals surface area contributed by atoms with Crippen LogP contribution in [-0.4, -0.2) is 47.7 Å². The molecule has 1 amide bonds. The Morgan fingerprint density at radius 3 is 2.45 bits per heavy atom. The van der Waals surface area contributed by atoms with Gasteiger partial charge in [0.25, 0.3) is 0 Å². The van der Waals surface area contributed by atoms with Gasteiger partial charge in [0.2, 0.25) is 5.91 Å². The van der Waals surface area contributed by atoms with Crippen LogP contribution in [0.2, 0.25) is 0 Å². The average molecular weight is 529 g/mol. The number of amides is 1. The van der Waals surface area contributed by atoms with Crippen molar-refractivity contribution >= 4 is 5.91 Å². The second-order valence-electron chi connectivity index (χ2n) is 15.6. The first-order valence-corrected chi connectivity index (χ1v) is 16.8. The van der Waals surface area contributed by atoms with Gasteiger partial charge in [-0.1, -0.05) is 53.9 Å². The molecule has 4 heteroatoms. The Morgan fingerprint density at radius 1 is 0.947 bits per heavy atom. The van der Waals surface area contributed by atoms with E-state index in [0.29, 0.717) is 28.7 Å². The molecular weight excluding hydrogens is 468 g/mol. The minimum atomic E-state index is -0.118. The molecule has 218 valence electrons. The zero-order chi connectivity index (χ0) is 27.1. The number of nitrogens with zero attached hydrogens (tertiary/aromatic N) is 1. The van der Waals surface area contributed by atoms with E-state index in [1.54, 1.807) is 0 Å². The smallest absolute Gasteiger partial charge is 0.222 e. The molecule has 9 unspecified atom stereocenters. The Kier molecular flexibility index (Phi) is 8.91. The van der Waals surface area contributed by atoms with Crippen molar-refractivity contribution in [2.24, 2.45) is 52.3 Å². The quantitative estimate of drug-likeness (QED) is 0.299. The minimum Gasteiger partial charge on any atom is -0.393 e. The van der Waals surface area contributed by atoms with E-state index in [0.717, 1.165) is 87.2 Å². The first-order valence-electron chi connectivity index (χ1n) is 16.8. The number of nitrogens with one attached hydrogen (secondary N) is 1. The maximum Gasteiger partial charge on any atom is 0.222 e. The molecule has 5 rings (SSSR count). The lowest BCUT2D eigenvalue weighted by atomic mass is 9.43. The fourth-order valence-corrected chi connectivity index (χ4v) is 11.1. The van der Waals surface area contributed by atoms with Gasteiger partial charge in [-0.25, -0.2) is 0 Å². The van der Waals surface area contributed by atoms with Crippen molar-refractivity contribution in [3.63, 3.8) is 0 Å². The number of aliphatic hydroxyl groups is 1. The van der Waals surface area contributed by atoms with Crippen LogP contribution in [0.15, 0.2) is 0 Å². The first-order chi connectivity index (χ1) is 18.1. The van der Waals surface area contributed by atoms with Gasteiger partial charge >= 0.3 is 0 Å². The van der Waals surface area contributed by atoms with Gasteiger partial charge in [-0.15, -0.1) is 0 Å². The Labute approximate surface area is 234 Å². The number of hydrogen-bond acceptors (Lipinski definition) is 3. The predicted molar refractivity (Wildman–Crippen MR) is 157 cm³/mol. The van der Waals surface area contributed by atoms with Crippen molar-refractivity contribution in [1.29, 1.82) is 0 Å². The molecule has 0 aromatic heterocycles. The van der Waals surface area contributed by atoms with Crippen molar-refractivity contribution in [3.05, 3.63) is 0 Å². The van der Waals surface area contributed by atoms with Crippen molar-refractivity contribution < 1.29 is 9.90 Å². The Hall–Kier alpha value is -0.610. The summed E-state index contributed by atoms with van der Waals surface area (Å²) in [6.07, 6.45) is 17.2. The monoisotopic (exact) mass is 528 g/mol. The van der Waals surface area contributed by atoms with Crippen LogP contribution in [0.1, 0.15) is 125 Å². The number of aliphatic hydroxyl groups excluding tert-OH is 1. The van der Waals surface area contributed by atoms with Gasteiger partial charge in [-0.2, -0.15) is 0 Å². The largest absolute Gasteiger partial charge is 0.393 e. The van der Waals surface area contributed by atoms with E-state index in [9.17, 15) is 9.90 Å². The van der Waals surface area contributed by atoms with Crippen molar-refractivity contribution in [2.75, 3.05) is 19.6 Å². The molecule has 4 aliphatic carbocycles. The standard InChI is InChI=1S/C34H60N2O2/c1-23(2)9-6-10-24(3)27-12-13-28-26-22-31(35-18-8-20-36-19-7-11-32(36)38)30-21-25(37)14-16-34(30,5)29(26)15-17-33(27,28)4/h23-31,35,37H,6-22H2,1-5H3/t24-,25?,26?,27?,28?,29?,30?,31?,33?,34?/m1/s1. The number of likely N-dealkylation sites (tertiary alicyclic amines) is 1. The summed E-state index contributed by atoms with van der Waals surface area (Å²) in [7, 11) is 0. The summed E-state index contributed by atoms with van der Waals surface area (Å²) in [6.45, 7) is 15.5. The molecule has 0 aromatic rings. The number of hydrogen-bond donors (Lipinski definition) is 2. The molecular formula is C34H60N2O2. The van der Waals surface area contributed by atoms with Gasteiger partial charge in [0.15, 0.2) is 0 Å². The first kappa shape index (κ1) is 28.9. The van der Waals surface area contributed by atoms with Gasteiger partial charge in [0.05, 0.1) is 6.10 Å². The third-order valence-electron chi connectivity index (χ3n) is 13.1. The lowest BCUT2D eigenvalue weighted by Gasteiger charge is -2.63. The van der Waals surface area contributed by atoms with E-state index in [1.165, 1.54) is 57.8 Å². The summed E-state index contributed by atoms with van der Waals surface area (Å²) in [5, 5.41) is 14.8. The van der Waals surface area contributed by atoms with Gasteiger partial charge in [0, 0.05) is 25.6 Å². The zero-order valence-electron chi connectivity index (χ0n) is 25.5. The lowest BCUT2D eigenvalue weighted by Crippen LogP contribution is -2.61. The number of fused-ring (bicyclic) bond motifs is 5. The molecule has 0 spiro atoms. The molecule has 4 nitrogen and oxygen atoms in total. The molecule has 5 fully saturated rings. The van der Waals surface area contributed by atoms with Crippen LogP contribution in [-0.2, 0) is 4.79 Å². The third-order valence-corrected chi connectivity index (χ3v) is 13.1. The van der Waals surface area contributed by atoms with E-state index < -0.39 is 0 Å². The van der Waals surface area contributed by atoms with Crippen LogP contribution in [0.3, 0.4) is 0 Å². The topological polar surface area (TPSA) is 52.6 Å². The summed E-state index contributed by atoms with van der Waals surface area (Å²) < 4.78 is 0. The molecule has 1 heterocycles. The van der Waals surface area contributed by atoms with Crippen LogP contribution >= 0.6 is 0 Å².